The highest BCUT2D eigenvalue weighted by atomic mass is 35.5. The molecule has 0 bridgehead atoms. The molecule has 7 heteroatoms. The van der Waals surface area contributed by atoms with Gasteiger partial charge in [0, 0.05) is 16.8 Å². The molecule has 0 spiro atoms. The van der Waals surface area contributed by atoms with Gasteiger partial charge in [-0.3, -0.25) is 14.3 Å². The van der Waals surface area contributed by atoms with Crippen LogP contribution in [0.15, 0.2) is 33.9 Å². The molecule has 0 fully saturated rings. The van der Waals surface area contributed by atoms with Crippen molar-refractivity contribution in [3.8, 4) is 11.1 Å². The Labute approximate surface area is 136 Å². The lowest BCUT2D eigenvalue weighted by molar-refractivity contribution is 0.555. The lowest BCUT2D eigenvalue weighted by Crippen LogP contribution is -2.39. The number of aromatic amines is 1. The van der Waals surface area contributed by atoms with E-state index in [1.165, 1.54) is 4.57 Å². The Hall–Kier alpha value is -1.17. The summed E-state index contributed by atoms with van der Waals surface area (Å²) in [4.78, 5) is 27.2. The molecule has 112 valence electrons. The minimum atomic E-state index is -0.502. The number of benzene rings is 1. The highest BCUT2D eigenvalue weighted by molar-refractivity contribution is 7.98. The number of rotatable bonds is 4. The summed E-state index contributed by atoms with van der Waals surface area (Å²) < 4.78 is 1.19. The lowest BCUT2D eigenvalue weighted by atomic mass is 10.1. The minimum Gasteiger partial charge on any atom is -0.297 e. The van der Waals surface area contributed by atoms with E-state index in [9.17, 15) is 9.59 Å². The van der Waals surface area contributed by atoms with E-state index in [1.807, 2.05) is 13.2 Å². The van der Waals surface area contributed by atoms with Gasteiger partial charge in [-0.05, 0) is 30.9 Å². The van der Waals surface area contributed by atoms with Crippen molar-refractivity contribution in [2.24, 2.45) is 0 Å². The summed E-state index contributed by atoms with van der Waals surface area (Å²) >= 11 is 13.6. The highest BCUT2D eigenvalue weighted by Gasteiger charge is 2.18. The van der Waals surface area contributed by atoms with Crippen LogP contribution in [-0.4, -0.2) is 21.6 Å². The molecule has 1 unspecified atom stereocenters. The smallest absolute Gasteiger partial charge is 0.297 e. The van der Waals surface area contributed by atoms with Gasteiger partial charge in [0.15, 0.2) is 0 Å². The van der Waals surface area contributed by atoms with Crippen molar-refractivity contribution >= 4 is 35.0 Å². The monoisotopic (exact) mass is 344 g/mol. The number of aromatic nitrogens is 2. The Morgan fingerprint density at radius 3 is 2.67 bits per heavy atom. The number of thioether (sulfide) groups is 1. The maximum atomic E-state index is 12.6. The second-order valence-electron chi connectivity index (χ2n) is 4.61. The molecular weight excluding hydrogens is 331 g/mol. The molecule has 2 aromatic rings. The molecule has 0 amide bonds. The maximum Gasteiger partial charge on any atom is 0.329 e. The van der Waals surface area contributed by atoms with E-state index in [0.29, 0.717) is 16.3 Å². The zero-order valence-electron chi connectivity index (χ0n) is 11.5. The number of halogens is 2. The predicted octanol–water partition coefficient (Wildman–Crippen LogP) is 3.43. The quantitative estimate of drug-likeness (QED) is 0.864. The lowest BCUT2D eigenvalue weighted by Gasteiger charge is -2.15. The molecule has 1 atom stereocenters. The molecule has 21 heavy (non-hydrogen) atoms. The first-order valence-electron chi connectivity index (χ1n) is 6.25. The Kier molecular flexibility index (Phi) is 5.19. The Bertz CT molecular complexity index is 770. The molecule has 0 aliphatic carbocycles. The average Bonchev–Trinajstić information content (AvgIpc) is 2.38. The highest BCUT2D eigenvalue weighted by Crippen LogP contribution is 2.24. The molecule has 0 aliphatic heterocycles. The third kappa shape index (κ3) is 3.36. The van der Waals surface area contributed by atoms with Crippen LogP contribution in [0.25, 0.3) is 11.1 Å². The normalized spacial score (nSPS) is 12.4. The summed E-state index contributed by atoms with van der Waals surface area (Å²) in [6.07, 6.45) is 1.92. The van der Waals surface area contributed by atoms with Gasteiger partial charge in [-0.15, -0.1) is 0 Å². The van der Waals surface area contributed by atoms with E-state index in [4.69, 9.17) is 23.2 Å². The maximum absolute atomic E-state index is 12.6. The average molecular weight is 345 g/mol. The zero-order chi connectivity index (χ0) is 15.6. The number of nitrogens with one attached hydrogen (secondary N) is 1. The van der Waals surface area contributed by atoms with Crippen molar-refractivity contribution < 1.29 is 0 Å². The van der Waals surface area contributed by atoms with Crippen molar-refractivity contribution in [3.63, 3.8) is 0 Å². The van der Waals surface area contributed by atoms with E-state index < -0.39 is 11.2 Å². The molecule has 1 N–H and O–H groups in total. The molecular formula is C14H14Cl2N2O2S. The van der Waals surface area contributed by atoms with Crippen LogP contribution in [0.1, 0.15) is 13.0 Å². The Balaban J connectivity index is 2.71. The summed E-state index contributed by atoms with van der Waals surface area (Å²) in [5.41, 5.74) is -0.0736. The second kappa shape index (κ2) is 6.73. The van der Waals surface area contributed by atoms with E-state index in [1.54, 1.807) is 36.0 Å². The molecule has 1 aromatic carbocycles. The van der Waals surface area contributed by atoms with Gasteiger partial charge in [0.1, 0.15) is 5.15 Å². The first-order chi connectivity index (χ1) is 9.95. The van der Waals surface area contributed by atoms with Gasteiger partial charge >= 0.3 is 5.69 Å². The van der Waals surface area contributed by atoms with E-state index in [2.05, 4.69) is 4.98 Å². The summed E-state index contributed by atoms with van der Waals surface area (Å²) in [5, 5.41) is 0.526. The van der Waals surface area contributed by atoms with Crippen molar-refractivity contribution in [2.75, 3.05) is 12.0 Å². The number of hydrogen-bond acceptors (Lipinski definition) is 3. The molecule has 1 heterocycles. The van der Waals surface area contributed by atoms with Crippen molar-refractivity contribution in [1.82, 2.24) is 9.55 Å². The number of nitrogens with zero attached hydrogens (tertiary/aromatic N) is 1. The van der Waals surface area contributed by atoms with E-state index in [0.717, 1.165) is 0 Å². The van der Waals surface area contributed by atoms with Gasteiger partial charge in [-0.1, -0.05) is 35.3 Å². The SMILES string of the molecule is CSCC(C)n1c(=O)[nH]c(Cl)c(-c2cccc(Cl)c2)c1=O. The van der Waals surface area contributed by atoms with Crippen LogP contribution < -0.4 is 11.2 Å². The number of hydrogen-bond donors (Lipinski definition) is 1. The van der Waals surface area contributed by atoms with Crippen LogP contribution in [-0.2, 0) is 0 Å². The van der Waals surface area contributed by atoms with Crippen LogP contribution in [0, 0.1) is 0 Å². The second-order valence-corrected chi connectivity index (χ2v) is 6.33. The zero-order valence-corrected chi connectivity index (χ0v) is 13.9. The molecule has 0 aliphatic rings. The van der Waals surface area contributed by atoms with Gasteiger partial charge in [0.05, 0.1) is 5.56 Å². The number of H-pyrrole nitrogens is 1. The van der Waals surface area contributed by atoms with E-state index >= 15 is 0 Å². The molecule has 2 rings (SSSR count). The summed E-state index contributed by atoms with van der Waals surface area (Å²) in [5.74, 6) is 0.652. The van der Waals surface area contributed by atoms with Crippen LogP contribution in [0.4, 0.5) is 0 Å². The molecule has 0 saturated heterocycles. The first-order valence-corrected chi connectivity index (χ1v) is 8.40. The topological polar surface area (TPSA) is 54.9 Å². The molecule has 0 radical (unpaired) electrons. The third-order valence-electron chi connectivity index (χ3n) is 3.05. The van der Waals surface area contributed by atoms with Crippen LogP contribution >= 0.6 is 35.0 Å². The van der Waals surface area contributed by atoms with Gasteiger partial charge in [0.2, 0.25) is 0 Å². The fourth-order valence-electron chi connectivity index (χ4n) is 2.13. The summed E-state index contributed by atoms with van der Waals surface area (Å²) in [6.45, 7) is 1.82. The van der Waals surface area contributed by atoms with Crippen molar-refractivity contribution in [1.29, 1.82) is 0 Å². The Morgan fingerprint density at radius 1 is 1.33 bits per heavy atom. The van der Waals surface area contributed by atoms with Gasteiger partial charge in [0.25, 0.3) is 5.56 Å². The largest absolute Gasteiger partial charge is 0.329 e. The van der Waals surface area contributed by atoms with Gasteiger partial charge < -0.3 is 0 Å². The van der Waals surface area contributed by atoms with Gasteiger partial charge in [-0.2, -0.15) is 11.8 Å². The molecule has 1 aromatic heterocycles. The van der Waals surface area contributed by atoms with Crippen LogP contribution in [0.3, 0.4) is 0 Å². The fraction of sp³-hybridized carbons (Fsp3) is 0.286. The van der Waals surface area contributed by atoms with Gasteiger partial charge in [-0.25, -0.2) is 4.79 Å². The van der Waals surface area contributed by atoms with Crippen molar-refractivity contribution in [3.05, 3.63) is 55.3 Å². The summed E-state index contributed by atoms with van der Waals surface area (Å²) in [7, 11) is 0. The van der Waals surface area contributed by atoms with E-state index in [-0.39, 0.29) is 16.8 Å². The van der Waals surface area contributed by atoms with Crippen LogP contribution in [0.2, 0.25) is 10.2 Å². The standard InChI is InChI=1S/C14H14Cl2N2O2S/c1-8(7-21-2)18-13(19)11(12(16)17-14(18)20)9-4-3-5-10(15)6-9/h3-6,8H,7H2,1-2H3,(H,17,20). The minimum absolute atomic E-state index is 0.0277. The third-order valence-corrected chi connectivity index (χ3v) is 4.38. The molecule has 0 saturated carbocycles. The fourth-order valence-corrected chi connectivity index (χ4v) is 3.23. The van der Waals surface area contributed by atoms with Crippen molar-refractivity contribution in [2.45, 2.75) is 13.0 Å². The Morgan fingerprint density at radius 2 is 2.05 bits per heavy atom. The van der Waals surface area contributed by atoms with Crippen LogP contribution in [0.5, 0.6) is 0 Å². The molecule has 4 nitrogen and oxygen atoms in total. The summed E-state index contributed by atoms with van der Waals surface area (Å²) in [6, 6.07) is 6.59. The first kappa shape index (κ1) is 16.2. The predicted molar refractivity (Wildman–Crippen MR) is 89.9 cm³/mol.